The first-order chi connectivity index (χ1) is 16.8. The first kappa shape index (κ1) is 24.2. The number of fused-ring (bicyclic) bond motifs is 1. The lowest BCUT2D eigenvalue weighted by Gasteiger charge is -2.16. The van der Waals surface area contributed by atoms with Gasteiger partial charge in [0.15, 0.2) is 0 Å². The summed E-state index contributed by atoms with van der Waals surface area (Å²) in [5.74, 6) is 0.815. The van der Waals surface area contributed by atoms with Gasteiger partial charge in [-0.3, -0.25) is 14.5 Å². The summed E-state index contributed by atoms with van der Waals surface area (Å²) in [6.07, 6.45) is 2.94. The number of rotatable bonds is 9. The van der Waals surface area contributed by atoms with Gasteiger partial charge in [-0.15, -0.1) is 0 Å². The van der Waals surface area contributed by atoms with Crippen molar-refractivity contribution in [2.75, 3.05) is 17.0 Å². The summed E-state index contributed by atoms with van der Waals surface area (Å²) in [4.78, 5) is 22.0. The molecule has 2 heterocycles. The molecule has 0 saturated heterocycles. The number of imidazole rings is 1. The second-order valence-electron chi connectivity index (χ2n) is 8.08. The van der Waals surface area contributed by atoms with Crippen LogP contribution >= 0.6 is 0 Å². The van der Waals surface area contributed by atoms with Crippen molar-refractivity contribution in [1.29, 1.82) is 0 Å². The normalized spacial score (nSPS) is 12.3. The molecule has 0 aliphatic carbocycles. The number of nitrogens with one attached hydrogen (secondary N) is 2. The quantitative estimate of drug-likeness (QED) is 0.368. The van der Waals surface area contributed by atoms with E-state index in [2.05, 4.69) is 15.0 Å². The van der Waals surface area contributed by atoms with Gasteiger partial charge >= 0.3 is 0 Å². The summed E-state index contributed by atoms with van der Waals surface area (Å²) in [6.45, 7) is 3.63. The third kappa shape index (κ3) is 5.60. The molecule has 4 aromatic rings. The van der Waals surface area contributed by atoms with Crippen molar-refractivity contribution in [1.82, 2.24) is 19.9 Å². The number of aromatic nitrogens is 3. The first-order valence-electron chi connectivity index (χ1n) is 11.2. The molecule has 0 bridgehead atoms. The lowest BCUT2D eigenvalue weighted by atomic mass is 10.1. The van der Waals surface area contributed by atoms with Crippen molar-refractivity contribution in [3.63, 3.8) is 0 Å². The Bertz CT molecular complexity index is 1440. The largest absolute Gasteiger partial charge is 0.487 e. The van der Waals surface area contributed by atoms with Crippen molar-refractivity contribution in [3.8, 4) is 17.1 Å². The molecular formula is C25H27N5O4S. The van der Waals surface area contributed by atoms with E-state index in [1.54, 1.807) is 37.5 Å². The van der Waals surface area contributed by atoms with Gasteiger partial charge in [0.25, 0.3) is 5.91 Å². The summed E-state index contributed by atoms with van der Waals surface area (Å²) < 4.78 is 34.6. The Kier molecular flexibility index (Phi) is 7.02. The zero-order chi connectivity index (χ0) is 25.0. The third-order valence-electron chi connectivity index (χ3n) is 5.42. The Labute approximate surface area is 204 Å². The minimum atomic E-state index is -3.54. The maximum atomic E-state index is 13.3. The van der Waals surface area contributed by atoms with Gasteiger partial charge in [-0.05, 0) is 38.1 Å². The molecule has 2 aromatic heterocycles. The fourth-order valence-corrected chi connectivity index (χ4v) is 4.32. The number of aryl methyl sites for hydroxylation is 1. The second-order valence-corrected chi connectivity index (χ2v) is 10.1. The molecule has 182 valence electrons. The number of ether oxygens (including phenoxy) is 1. The van der Waals surface area contributed by atoms with Crippen molar-refractivity contribution in [2.45, 2.75) is 20.0 Å². The van der Waals surface area contributed by atoms with E-state index in [0.717, 1.165) is 5.56 Å². The molecule has 4 rings (SSSR count). The molecule has 2 aromatic carbocycles. The number of pyridine rings is 1. The number of benzene rings is 2. The lowest BCUT2D eigenvalue weighted by Crippen LogP contribution is -2.34. The summed E-state index contributed by atoms with van der Waals surface area (Å²) >= 11 is 0. The highest BCUT2D eigenvalue weighted by molar-refractivity contribution is 7.92. The predicted molar refractivity (Wildman–Crippen MR) is 136 cm³/mol. The fourth-order valence-electron chi connectivity index (χ4n) is 3.70. The number of hydrogen-bond acceptors (Lipinski definition) is 6. The smallest absolute Gasteiger partial charge is 0.253 e. The minimum absolute atomic E-state index is 0.0900. The first-order valence-corrected chi connectivity index (χ1v) is 12.8. The molecule has 1 amide bonds. The lowest BCUT2D eigenvalue weighted by molar-refractivity contribution is 0.0933. The van der Waals surface area contributed by atoms with E-state index >= 15 is 0 Å². The van der Waals surface area contributed by atoms with Crippen LogP contribution in [0.4, 0.5) is 5.69 Å². The molecule has 0 aliphatic rings. The van der Waals surface area contributed by atoms with Crippen molar-refractivity contribution in [2.24, 2.45) is 7.05 Å². The van der Waals surface area contributed by atoms with Crippen LogP contribution in [0.5, 0.6) is 5.75 Å². The van der Waals surface area contributed by atoms with E-state index in [0.29, 0.717) is 28.2 Å². The summed E-state index contributed by atoms with van der Waals surface area (Å²) in [5.41, 5.74) is 2.57. The topological polar surface area (TPSA) is 115 Å². The average Bonchev–Trinajstić information content (AvgIpc) is 3.19. The Hall–Kier alpha value is -3.92. The predicted octanol–water partition coefficient (Wildman–Crippen LogP) is 3.59. The van der Waals surface area contributed by atoms with Crippen LogP contribution < -0.4 is 14.8 Å². The standard InChI is InChI=1S/C25H27N5O4S/c1-4-35(32,33)29-19-13-21(25(31)27-15-17(2)34-20-11-8-12-26-16-20)23-22(14-19)28-24(30(23)3)18-9-6-5-7-10-18/h5-14,16-17,29H,4,15H2,1-3H3,(H,27,31). The van der Waals surface area contributed by atoms with Crippen molar-refractivity contribution < 1.29 is 17.9 Å². The third-order valence-corrected chi connectivity index (χ3v) is 6.73. The molecule has 35 heavy (non-hydrogen) atoms. The van der Waals surface area contributed by atoms with Crippen LogP contribution in [0, 0.1) is 0 Å². The van der Waals surface area contributed by atoms with E-state index in [-0.39, 0.29) is 30.0 Å². The van der Waals surface area contributed by atoms with Crippen LogP contribution in [-0.2, 0) is 17.1 Å². The van der Waals surface area contributed by atoms with E-state index in [4.69, 9.17) is 9.72 Å². The van der Waals surface area contributed by atoms with Gasteiger partial charge in [0.05, 0.1) is 40.8 Å². The molecular weight excluding hydrogens is 466 g/mol. The Morgan fingerprint density at radius 1 is 1.14 bits per heavy atom. The van der Waals surface area contributed by atoms with Gasteiger partial charge in [0.1, 0.15) is 17.7 Å². The van der Waals surface area contributed by atoms with Crippen LogP contribution in [0.15, 0.2) is 67.0 Å². The maximum absolute atomic E-state index is 13.3. The van der Waals surface area contributed by atoms with Gasteiger partial charge < -0.3 is 14.6 Å². The van der Waals surface area contributed by atoms with E-state index in [1.807, 2.05) is 48.9 Å². The van der Waals surface area contributed by atoms with Gasteiger partial charge in [0, 0.05) is 18.8 Å². The zero-order valence-corrected chi connectivity index (χ0v) is 20.5. The number of amides is 1. The highest BCUT2D eigenvalue weighted by atomic mass is 32.2. The van der Waals surface area contributed by atoms with Gasteiger partial charge in [-0.25, -0.2) is 13.4 Å². The molecule has 0 radical (unpaired) electrons. The van der Waals surface area contributed by atoms with Gasteiger partial charge in [-0.2, -0.15) is 0 Å². The Balaban J connectivity index is 1.68. The summed E-state index contributed by atoms with van der Waals surface area (Å²) in [7, 11) is -1.71. The second kappa shape index (κ2) is 10.1. The molecule has 2 N–H and O–H groups in total. The molecule has 1 unspecified atom stereocenters. The number of nitrogens with zero attached hydrogens (tertiary/aromatic N) is 3. The monoisotopic (exact) mass is 493 g/mol. The Morgan fingerprint density at radius 2 is 1.91 bits per heavy atom. The Morgan fingerprint density at radius 3 is 2.60 bits per heavy atom. The maximum Gasteiger partial charge on any atom is 0.253 e. The molecule has 0 aliphatic heterocycles. The van der Waals surface area contributed by atoms with Gasteiger partial charge in [0.2, 0.25) is 10.0 Å². The molecule has 0 saturated carbocycles. The van der Waals surface area contributed by atoms with Crippen molar-refractivity contribution >= 4 is 32.7 Å². The molecule has 0 spiro atoms. The van der Waals surface area contributed by atoms with Crippen LogP contribution in [0.3, 0.4) is 0 Å². The number of hydrogen-bond donors (Lipinski definition) is 2. The number of anilines is 1. The summed E-state index contributed by atoms with van der Waals surface area (Å²) in [6, 6.07) is 16.3. The van der Waals surface area contributed by atoms with E-state index in [9.17, 15) is 13.2 Å². The van der Waals surface area contributed by atoms with Crippen LogP contribution in [0.1, 0.15) is 24.2 Å². The van der Waals surface area contributed by atoms with Crippen LogP contribution in [-0.4, -0.2) is 47.3 Å². The number of carbonyl (C=O) groups excluding carboxylic acids is 1. The minimum Gasteiger partial charge on any atom is -0.487 e. The van der Waals surface area contributed by atoms with Crippen LogP contribution in [0.25, 0.3) is 22.4 Å². The molecule has 0 fully saturated rings. The summed E-state index contributed by atoms with van der Waals surface area (Å²) in [5, 5.41) is 2.89. The van der Waals surface area contributed by atoms with Crippen LogP contribution in [0.2, 0.25) is 0 Å². The zero-order valence-electron chi connectivity index (χ0n) is 19.7. The average molecular weight is 494 g/mol. The van der Waals surface area contributed by atoms with E-state index in [1.165, 1.54) is 6.07 Å². The molecule has 10 heteroatoms. The molecule has 1 atom stereocenters. The van der Waals surface area contributed by atoms with Gasteiger partial charge in [-0.1, -0.05) is 30.3 Å². The highest BCUT2D eigenvalue weighted by Crippen LogP contribution is 2.29. The number of carbonyl (C=O) groups is 1. The SMILES string of the molecule is CCS(=O)(=O)Nc1cc(C(=O)NCC(C)Oc2cccnc2)c2c(c1)nc(-c1ccccc1)n2C. The number of sulfonamides is 1. The van der Waals surface area contributed by atoms with Crippen molar-refractivity contribution in [3.05, 3.63) is 72.6 Å². The fraction of sp³-hybridized carbons (Fsp3) is 0.240. The van der Waals surface area contributed by atoms with E-state index < -0.39 is 10.0 Å². The molecule has 9 nitrogen and oxygen atoms in total. The highest BCUT2D eigenvalue weighted by Gasteiger charge is 2.21.